The molecule has 3 rings (SSSR count). The number of benzene rings is 1. The standard InChI is InChI=1S/C15H21N3/c1-11-5-6-13-12(9-11)17-14(16)18(13)10-15(2)7-3-4-8-15/h5-6,9H,3-4,7-8,10H2,1-2H3,(H2,16,17). The molecule has 0 unspecified atom stereocenters. The second kappa shape index (κ2) is 4.01. The highest BCUT2D eigenvalue weighted by molar-refractivity contribution is 5.79. The van der Waals surface area contributed by atoms with Crippen LogP contribution in [0.25, 0.3) is 11.0 Å². The van der Waals surface area contributed by atoms with E-state index >= 15 is 0 Å². The fourth-order valence-electron chi connectivity index (χ4n) is 3.19. The van der Waals surface area contributed by atoms with Crippen LogP contribution in [0, 0.1) is 12.3 Å². The summed E-state index contributed by atoms with van der Waals surface area (Å²) in [6.45, 7) is 5.46. The molecule has 1 aromatic heterocycles. The third-order valence-electron chi connectivity index (χ3n) is 4.28. The van der Waals surface area contributed by atoms with Crippen molar-refractivity contribution in [2.24, 2.45) is 5.41 Å². The molecule has 96 valence electrons. The minimum atomic E-state index is 0.395. The van der Waals surface area contributed by atoms with Crippen LogP contribution in [0.2, 0.25) is 0 Å². The van der Waals surface area contributed by atoms with Gasteiger partial charge in [0.15, 0.2) is 0 Å². The Morgan fingerprint density at radius 3 is 2.78 bits per heavy atom. The topological polar surface area (TPSA) is 43.8 Å². The summed E-state index contributed by atoms with van der Waals surface area (Å²) < 4.78 is 2.19. The lowest BCUT2D eigenvalue weighted by atomic mass is 9.89. The van der Waals surface area contributed by atoms with E-state index in [1.807, 2.05) is 0 Å². The number of anilines is 1. The molecule has 3 heteroatoms. The van der Waals surface area contributed by atoms with Gasteiger partial charge >= 0.3 is 0 Å². The van der Waals surface area contributed by atoms with Crippen molar-refractivity contribution in [3.8, 4) is 0 Å². The van der Waals surface area contributed by atoms with E-state index in [1.165, 1.54) is 36.8 Å². The van der Waals surface area contributed by atoms with Crippen LogP contribution in [0.4, 0.5) is 5.95 Å². The molecule has 1 fully saturated rings. The summed E-state index contributed by atoms with van der Waals surface area (Å²) in [5.41, 5.74) is 9.92. The largest absolute Gasteiger partial charge is 0.369 e. The van der Waals surface area contributed by atoms with Gasteiger partial charge in [0, 0.05) is 6.54 Å². The number of imidazole rings is 1. The van der Waals surface area contributed by atoms with Crippen molar-refractivity contribution in [1.29, 1.82) is 0 Å². The Balaban J connectivity index is 2.03. The summed E-state index contributed by atoms with van der Waals surface area (Å²) in [6, 6.07) is 6.39. The summed E-state index contributed by atoms with van der Waals surface area (Å²) in [5, 5.41) is 0. The first kappa shape index (κ1) is 11.6. The van der Waals surface area contributed by atoms with E-state index in [0.29, 0.717) is 11.4 Å². The first-order valence-corrected chi connectivity index (χ1v) is 6.80. The number of hydrogen-bond acceptors (Lipinski definition) is 2. The first-order chi connectivity index (χ1) is 8.57. The van der Waals surface area contributed by atoms with Gasteiger partial charge in [0.25, 0.3) is 0 Å². The highest BCUT2D eigenvalue weighted by atomic mass is 15.2. The third kappa shape index (κ3) is 1.88. The number of aromatic nitrogens is 2. The van der Waals surface area contributed by atoms with Crippen molar-refractivity contribution in [1.82, 2.24) is 9.55 Å². The average molecular weight is 243 g/mol. The monoisotopic (exact) mass is 243 g/mol. The Morgan fingerprint density at radius 2 is 2.06 bits per heavy atom. The normalized spacial score (nSPS) is 18.6. The van der Waals surface area contributed by atoms with Crippen molar-refractivity contribution in [2.45, 2.75) is 46.1 Å². The van der Waals surface area contributed by atoms with E-state index in [1.54, 1.807) is 0 Å². The predicted molar refractivity (Wildman–Crippen MR) is 75.5 cm³/mol. The van der Waals surface area contributed by atoms with E-state index in [0.717, 1.165) is 12.1 Å². The van der Waals surface area contributed by atoms with Gasteiger partial charge in [-0.25, -0.2) is 4.98 Å². The lowest BCUT2D eigenvalue weighted by molar-refractivity contribution is 0.287. The van der Waals surface area contributed by atoms with Crippen LogP contribution in [0.15, 0.2) is 18.2 Å². The molecule has 0 atom stereocenters. The van der Waals surface area contributed by atoms with Crippen molar-refractivity contribution in [2.75, 3.05) is 5.73 Å². The number of nitrogen functional groups attached to an aromatic ring is 1. The van der Waals surface area contributed by atoms with Gasteiger partial charge in [-0.05, 0) is 42.9 Å². The fourth-order valence-corrected chi connectivity index (χ4v) is 3.19. The maximum Gasteiger partial charge on any atom is 0.201 e. The molecule has 1 aliphatic carbocycles. The van der Waals surface area contributed by atoms with Gasteiger partial charge in [0.2, 0.25) is 5.95 Å². The Bertz CT molecular complexity index is 577. The van der Waals surface area contributed by atoms with Crippen LogP contribution in [0.3, 0.4) is 0 Å². The Morgan fingerprint density at radius 1 is 1.33 bits per heavy atom. The van der Waals surface area contributed by atoms with Gasteiger partial charge < -0.3 is 10.3 Å². The van der Waals surface area contributed by atoms with E-state index < -0.39 is 0 Å². The molecule has 0 radical (unpaired) electrons. The second-order valence-electron chi connectivity index (χ2n) is 6.07. The van der Waals surface area contributed by atoms with Crippen LogP contribution < -0.4 is 5.73 Å². The molecule has 1 aromatic carbocycles. The number of aryl methyl sites for hydroxylation is 1. The van der Waals surface area contributed by atoms with Crippen LogP contribution in [-0.2, 0) is 6.54 Å². The molecule has 0 amide bonds. The lowest BCUT2D eigenvalue weighted by Crippen LogP contribution is -2.20. The number of nitrogens with zero attached hydrogens (tertiary/aromatic N) is 2. The molecule has 18 heavy (non-hydrogen) atoms. The minimum absolute atomic E-state index is 0.395. The first-order valence-electron chi connectivity index (χ1n) is 6.80. The molecule has 0 aliphatic heterocycles. The van der Waals surface area contributed by atoms with E-state index in [2.05, 4.69) is 41.6 Å². The number of rotatable bonds is 2. The van der Waals surface area contributed by atoms with Crippen LogP contribution >= 0.6 is 0 Å². The van der Waals surface area contributed by atoms with Crippen molar-refractivity contribution in [3.63, 3.8) is 0 Å². The van der Waals surface area contributed by atoms with E-state index in [9.17, 15) is 0 Å². The molecule has 1 aliphatic rings. The van der Waals surface area contributed by atoms with Crippen molar-refractivity contribution in [3.05, 3.63) is 23.8 Å². The third-order valence-corrected chi connectivity index (χ3v) is 4.28. The summed E-state index contributed by atoms with van der Waals surface area (Å²) in [5.74, 6) is 0.656. The number of fused-ring (bicyclic) bond motifs is 1. The number of nitrogens with two attached hydrogens (primary N) is 1. The van der Waals surface area contributed by atoms with Gasteiger partial charge in [0.1, 0.15) is 0 Å². The maximum atomic E-state index is 6.09. The molecule has 1 saturated carbocycles. The zero-order chi connectivity index (χ0) is 12.8. The van der Waals surface area contributed by atoms with Gasteiger partial charge in [-0.3, -0.25) is 0 Å². The molecule has 0 spiro atoms. The molecule has 0 saturated heterocycles. The lowest BCUT2D eigenvalue weighted by Gasteiger charge is -2.24. The van der Waals surface area contributed by atoms with Crippen molar-refractivity contribution < 1.29 is 0 Å². The summed E-state index contributed by atoms with van der Waals surface area (Å²) >= 11 is 0. The molecular formula is C15H21N3. The Kier molecular flexibility index (Phi) is 2.58. The highest BCUT2D eigenvalue weighted by Crippen LogP contribution is 2.40. The minimum Gasteiger partial charge on any atom is -0.369 e. The smallest absolute Gasteiger partial charge is 0.201 e. The molecule has 3 nitrogen and oxygen atoms in total. The fraction of sp³-hybridized carbons (Fsp3) is 0.533. The second-order valence-corrected chi connectivity index (χ2v) is 6.07. The summed E-state index contributed by atoms with van der Waals surface area (Å²) in [7, 11) is 0. The summed E-state index contributed by atoms with van der Waals surface area (Å²) in [6.07, 6.45) is 5.31. The molecule has 0 bridgehead atoms. The maximum absolute atomic E-state index is 6.09. The molecular weight excluding hydrogens is 222 g/mol. The number of hydrogen-bond donors (Lipinski definition) is 1. The van der Waals surface area contributed by atoms with E-state index in [-0.39, 0.29) is 0 Å². The van der Waals surface area contributed by atoms with Gasteiger partial charge in [-0.15, -0.1) is 0 Å². The van der Waals surface area contributed by atoms with Gasteiger partial charge in [0.05, 0.1) is 11.0 Å². The van der Waals surface area contributed by atoms with Crippen LogP contribution in [0.1, 0.15) is 38.2 Å². The quantitative estimate of drug-likeness (QED) is 0.877. The molecule has 1 heterocycles. The Hall–Kier alpha value is -1.51. The molecule has 2 N–H and O–H groups in total. The SMILES string of the molecule is Cc1ccc2c(c1)nc(N)n2CC1(C)CCCC1. The Labute approximate surface area is 108 Å². The highest BCUT2D eigenvalue weighted by Gasteiger charge is 2.30. The zero-order valence-electron chi connectivity index (χ0n) is 11.2. The predicted octanol–water partition coefficient (Wildman–Crippen LogP) is 3.51. The summed E-state index contributed by atoms with van der Waals surface area (Å²) in [4.78, 5) is 4.49. The van der Waals surface area contributed by atoms with Crippen molar-refractivity contribution >= 4 is 17.0 Å². The van der Waals surface area contributed by atoms with E-state index in [4.69, 9.17) is 5.73 Å². The van der Waals surface area contributed by atoms with Gasteiger partial charge in [-0.1, -0.05) is 25.8 Å². The van der Waals surface area contributed by atoms with Crippen LogP contribution in [0.5, 0.6) is 0 Å². The molecule has 2 aromatic rings. The van der Waals surface area contributed by atoms with Gasteiger partial charge in [-0.2, -0.15) is 0 Å². The average Bonchev–Trinajstić information content (AvgIpc) is 2.85. The zero-order valence-corrected chi connectivity index (χ0v) is 11.2. The van der Waals surface area contributed by atoms with Crippen LogP contribution in [-0.4, -0.2) is 9.55 Å².